The standard InChI is InChI=1S/C23H30FN3O/c1-17-8-10-19(11-9-17)22-20(6-4-14-28-22)16-27-23(25-2)26-13-12-18-5-3-7-21(24)15-18/h3,5,7-11,15,20,22H,4,6,12-14,16H2,1-2H3,(H2,25,26,27). The smallest absolute Gasteiger partial charge is 0.190 e. The molecule has 2 atom stereocenters. The number of nitrogens with one attached hydrogen (secondary N) is 2. The number of hydrogen-bond donors (Lipinski definition) is 2. The van der Waals surface area contributed by atoms with E-state index in [2.05, 4.69) is 46.8 Å². The van der Waals surface area contributed by atoms with Gasteiger partial charge in [-0.2, -0.15) is 0 Å². The van der Waals surface area contributed by atoms with E-state index in [4.69, 9.17) is 4.74 Å². The van der Waals surface area contributed by atoms with Crippen molar-refractivity contribution in [3.63, 3.8) is 0 Å². The van der Waals surface area contributed by atoms with Crippen LogP contribution in [0.25, 0.3) is 0 Å². The average Bonchev–Trinajstić information content (AvgIpc) is 2.71. The summed E-state index contributed by atoms with van der Waals surface area (Å²) >= 11 is 0. The monoisotopic (exact) mass is 383 g/mol. The first-order chi connectivity index (χ1) is 13.7. The highest BCUT2D eigenvalue weighted by atomic mass is 19.1. The van der Waals surface area contributed by atoms with E-state index in [-0.39, 0.29) is 11.9 Å². The van der Waals surface area contributed by atoms with Crippen molar-refractivity contribution >= 4 is 5.96 Å². The van der Waals surface area contributed by atoms with Crippen LogP contribution in [0.2, 0.25) is 0 Å². The molecule has 5 heteroatoms. The van der Waals surface area contributed by atoms with Crippen molar-refractivity contribution in [3.8, 4) is 0 Å². The van der Waals surface area contributed by atoms with Crippen LogP contribution < -0.4 is 10.6 Å². The summed E-state index contributed by atoms with van der Waals surface area (Å²) in [5.74, 6) is 0.974. The summed E-state index contributed by atoms with van der Waals surface area (Å²) in [5, 5.41) is 6.75. The lowest BCUT2D eigenvalue weighted by molar-refractivity contribution is -0.0265. The summed E-state index contributed by atoms with van der Waals surface area (Å²) in [6, 6.07) is 15.3. The molecule has 2 unspecified atom stereocenters. The predicted octanol–water partition coefficient (Wildman–Crippen LogP) is 4.01. The number of hydrogen-bond acceptors (Lipinski definition) is 2. The Bertz CT molecular complexity index is 776. The number of rotatable bonds is 6. The highest BCUT2D eigenvalue weighted by molar-refractivity contribution is 5.79. The maximum atomic E-state index is 13.3. The fourth-order valence-corrected chi connectivity index (χ4v) is 3.64. The van der Waals surface area contributed by atoms with E-state index in [0.717, 1.165) is 43.9 Å². The van der Waals surface area contributed by atoms with E-state index in [1.54, 1.807) is 19.2 Å². The molecule has 2 aromatic rings. The van der Waals surface area contributed by atoms with Gasteiger partial charge in [-0.1, -0.05) is 42.0 Å². The van der Waals surface area contributed by atoms with E-state index < -0.39 is 0 Å². The van der Waals surface area contributed by atoms with Crippen molar-refractivity contribution < 1.29 is 9.13 Å². The molecule has 150 valence electrons. The molecule has 0 amide bonds. The van der Waals surface area contributed by atoms with Crippen molar-refractivity contribution in [2.24, 2.45) is 10.9 Å². The van der Waals surface area contributed by atoms with Crippen LogP contribution in [0.5, 0.6) is 0 Å². The Balaban J connectivity index is 1.50. The van der Waals surface area contributed by atoms with Crippen LogP contribution in [0.4, 0.5) is 4.39 Å². The normalized spacial score (nSPS) is 20.0. The number of aliphatic imine (C=N–C) groups is 1. The summed E-state index contributed by atoms with van der Waals surface area (Å²) in [6.07, 6.45) is 3.08. The van der Waals surface area contributed by atoms with Crippen LogP contribution in [0.15, 0.2) is 53.5 Å². The SMILES string of the molecule is CN=C(NCCc1cccc(F)c1)NCC1CCCOC1c1ccc(C)cc1. The van der Waals surface area contributed by atoms with Gasteiger partial charge in [0.05, 0.1) is 6.10 Å². The van der Waals surface area contributed by atoms with Gasteiger partial charge in [0.2, 0.25) is 0 Å². The maximum absolute atomic E-state index is 13.3. The molecule has 0 aliphatic carbocycles. The first kappa shape index (κ1) is 20.3. The summed E-state index contributed by atoms with van der Waals surface area (Å²) in [6.45, 7) is 4.42. The molecule has 1 heterocycles. The highest BCUT2D eigenvalue weighted by Gasteiger charge is 2.27. The predicted molar refractivity (Wildman–Crippen MR) is 112 cm³/mol. The Kier molecular flexibility index (Phi) is 7.43. The van der Waals surface area contributed by atoms with Crippen molar-refractivity contribution in [1.29, 1.82) is 0 Å². The van der Waals surface area contributed by atoms with Gasteiger partial charge in [-0.3, -0.25) is 4.99 Å². The molecule has 28 heavy (non-hydrogen) atoms. The van der Waals surface area contributed by atoms with Crippen LogP contribution in [-0.2, 0) is 11.2 Å². The van der Waals surface area contributed by atoms with Gasteiger partial charge in [0.1, 0.15) is 5.82 Å². The molecule has 0 bridgehead atoms. The molecule has 2 aromatic carbocycles. The Morgan fingerprint density at radius 3 is 2.75 bits per heavy atom. The molecular formula is C23H30FN3O. The fraction of sp³-hybridized carbons (Fsp3) is 0.435. The van der Waals surface area contributed by atoms with Gasteiger partial charge >= 0.3 is 0 Å². The molecular weight excluding hydrogens is 353 g/mol. The third-order valence-electron chi connectivity index (χ3n) is 5.20. The number of aryl methyl sites for hydroxylation is 1. The molecule has 2 N–H and O–H groups in total. The average molecular weight is 384 g/mol. The van der Waals surface area contributed by atoms with Gasteiger partial charge < -0.3 is 15.4 Å². The van der Waals surface area contributed by atoms with Crippen LogP contribution >= 0.6 is 0 Å². The van der Waals surface area contributed by atoms with E-state index in [1.807, 2.05) is 6.07 Å². The van der Waals surface area contributed by atoms with Gasteiger partial charge in [0, 0.05) is 32.7 Å². The minimum atomic E-state index is -0.195. The Hall–Kier alpha value is -2.40. The van der Waals surface area contributed by atoms with Crippen molar-refractivity contribution in [1.82, 2.24) is 10.6 Å². The molecule has 0 saturated carbocycles. The Morgan fingerprint density at radius 1 is 1.18 bits per heavy atom. The molecule has 1 saturated heterocycles. The number of halogens is 1. The van der Waals surface area contributed by atoms with Crippen LogP contribution in [-0.4, -0.2) is 32.7 Å². The first-order valence-corrected chi connectivity index (χ1v) is 10.0. The van der Waals surface area contributed by atoms with E-state index in [9.17, 15) is 4.39 Å². The molecule has 1 fully saturated rings. The zero-order chi connectivity index (χ0) is 19.8. The Labute approximate surface area is 167 Å². The third-order valence-corrected chi connectivity index (χ3v) is 5.20. The summed E-state index contributed by atoms with van der Waals surface area (Å²) < 4.78 is 19.4. The topological polar surface area (TPSA) is 45.7 Å². The minimum absolute atomic E-state index is 0.118. The quantitative estimate of drug-likeness (QED) is 0.585. The second-order valence-electron chi connectivity index (χ2n) is 7.36. The van der Waals surface area contributed by atoms with Gasteiger partial charge in [-0.15, -0.1) is 0 Å². The molecule has 1 aliphatic heterocycles. The molecule has 0 aromatic heterocycles. The zero-order valence-corrected chi connectivity index (χ0v) is 16.7. The van der Waals surface area contributed by atoms with Gasteiger partial charge in [0.15, 0.2) is 5.96 Å². The molecule has 3 rings (SSSR count). The van der Waals surface area contributed by atoms with Crippen molar-refractivity contribution in [3.05, 3.63) is 71.0 Å². The lowest BCUT2D eigenvalue weighted by atomic mass is 9.89. The zero-order valence-electron chi connectivity index (χ0n) is 16.7. The summed E-state index contributed by atoms with van der Waals surface area (Å²) in [4.78, 5) is 4.31. The minimum Gasteiger partial charge on any atom is -0.373 e. The van der Waals surface area contributed by atoms with E-state index >= 15 is 0 Å². The highest BCUT2D eigenvalue weighted by Crippen LogP contribution is 2.33. The summed E-state index contributed by atoms with van der Waals surface area (Å²) in [5.41, 5.74) is 3.48. The Morgan fingerprint density at radius 2 is 2.00 bits per heavy atom. The van der Waals surface area contributed by atoms with Crippen LogP contribution in [0, 0.1) is 18.7 Å². The fourth-order valence-electron chi connectivity index (χ4n) is 3.64. The lowest BCUT2D eigenvalue weighted by Gasteiger charge is -2.32. The summed E-state index contributed by atoms with van der Waals surface area (Å²) in [7, 11) is 1.77. The lowest BCUT2D eigenvalue weighted by Crippen LogP contribution is -2.42. The van der Waals surface area contributed by atoms with Gasteiger partial charge in [0.25, 0.3) is 0 Å². The van der Waals surface area contributed by atoms with Crippen molar-refractivity contribution in [2.75, 3.05) is 26.7 Å². The molecule has 1 aliphatic rings. The van der Waals surface area contributed by atoms with E-state index in [0.29, 0.717) is 12.5 Å². The maximum Gasteiger partial charge on any atom is 0.190 e. The van der Waals surface area contributed by atoms with Gasteiger partial charge in [-0.25, -0.2) is 4.39 Å². The molecule has 0 spiro atoms. The van der Waals surface area contributed by atoms with Crippen LogP contribution in [0.1, 0.15) is 35.6 Å². The molecule has 0 radical (unpaired) electrons. The number of benzene rings is 2. The largest absolute Gasteiger partial charge is 0.373 e. The number of guanidine groups is 1. The van der Waals surface area contributed by atoms with Crippen LogP contribution in [0.3, 0.4) is 0 Å². The number of nitrogens with zero attached hydrogens (tertiary/aromatic N) is 1. The first-order valence-electron chi connectivity index (χ1n) is 10.0. The second kappa shape index (κ2) is 10.2. The second-order valence-corrected chi connectivity index (χ2v) is 7.36. The number of ether oxygens (including phenoxy) is 1. The van der Waals surface area contributed by atoms with Crippen molar-refractivity contribution in [2.45, 2.75) is 32.3 Å². The van der Waals surface area contributed by atoms with Gasteiger partial charge in [-0.05, 0) is 49.4 Å². The third kappa shape index (κ3) is 5.80. The van der Waals surface area contributed by atoms with E-state index in [1.165, 1.54) is 17.2 Å². The molecule has 4 nitrogen and oxygen atoms in total.